The summed E-state index contributed by atoms with van der Waals surface area (Å²) < 4.78 is 21.4. The van der Waals surface area contributed by atoms with Gasteiger partial charge in [-0.1, -0.05) is 20.8 Å². The number of hydrogen-bond donors (Lipinski definition) is 0. The van der Waals surface area contributed by atoms with E-state index in [2.05, 4.69) is 35.6 Å². The minimum atomic E-state index is -2.93. The molecule has 0 N–H and O–H groups in total. The van der Waals surface area contributed by atoms with Gasteiger partial charge in [-0.3, -0.25) is 0 Å². The summed E-state index contributed by atoms with van der Waals surface area (Å²) in [7, 11) is -2.93. The molecule has 0 rings (SSSR count). The molecule has 1 atom stereocenters. The van der Waals surface area contributed by atoms with Gasteiger partial charge in [0, 0.05) is 0 Å². The van der Waals surface area contributed by atoms with Gasteiger partial charge in [0.05, 0.1) is 20.6 Å². The van der Waals surface area contributed by atoms with Crippen LogP contribution in [0.4, 0.5) is 0 Å². The van der Waals surface area contributed by atoms with Gasteiger partial charge in [-0.15, -0.1) is 0 Å². The van der Waals surface area contributed by atoms with Crippen LogP contribution in [-0.2, 0) is 8.27 Å². The summed E-state index contributed by atoms with van der Waals surface area (Å²) in [5, 5.41) is 0. The lowest BCUT2D eigenvalue weighted by Gasteiger charge is -2.13. The molecule has 0 saturated carbocycles. The fraction of sp³-hybridized carbons (Fsp3) is 1.00. The normalized spacial score (nSPS) is 15.1. The van der Waals surface area contributed by atoms with E-state index in [1.807, 2.05) is 0 Å². The first-order valence-corrected chi connectivity index (χ1v) is 7.75. The maximum Gasteiger partial charge on any atom is 0.209 e. The molecule has 2 nitrogen and oxygen atoms in total. The van der Waals surface area contributed by atoms with Gasteiger partial charge in [-0.2, -0.15) is 0 Å². The molecular weight excluding hydrogens is 240 g/mol. The van der Waals surface area contributed by atoms with Crippen LogP contribution in [0.1, 0.15) is 33.6 Å². The summed E-state index contributed by atoms with van der Waals surface area (Å²) in [4.78, 5) is 0. The SMILES string of the molecule is CC(C)C(C)CCCS(=O)(=O)Br. The van der Waals surface area contributed by atoms with Gasteiger partial charge < -0.3 is 0 Å². The fourth-order valence-corrected chi connectivity index (χ4v) is 2.11. The van der Waals surface area contributed by atoms with Gasteiger partial charge in [0.2, 0.25) is 8.27 Å². The highest BCUT2D eigenvalue weighted by Crippen LogP contribution is 2.17. The molecule has 0 aromatic carbocycles. The second kappa shape index (κ2) is 5.22. The Hall–Kier alpha value is 0.430. The van der Waals surface area contributed by atoms with Crippen LogP contribution in [0.25, 0.3) is 0 Å². The van der Waals surface area contributed by atoms with Gasteiger partial charge in [0.25, 0.3) is 0 Å². The zero-order valence-corrected chi connectivity index (χ0v) is 10.3. The molecule has 0 aromatic heterocycles. The molecule has 74 valence electrons. The maximum absolute atomic E-state index is 10.7. The number of halogens is 1. The maximum atomic E-state index is 10.7. The van der Waals surface area contributed by atoms with Crippen molar-refractivity contribution in [3.05, 3.63) is 0 Å². The van der Waals surface area contributed by atoms with Crippen LogP contribution in [0, 0.1) is 11.8 Å². The highest BCUT2D eigenvalue weighted by molar-refractivity contribution is 9.47. The lowest BCUT2D eigenvalue weighted by atomic mass is 9.94. The van der Waals surface area contributed by atoms with E-state index in [1.165, 1.54) is 0 Å². The zero-order valence-electron chi connectivity index (χ0n) is 7.88. The monoisotopic (exact) mass is 256 g/mol. The summed E-state index contributed by atoms with van der Waals surface area (Å²) in [6, 6.07) is 0. The lowest BCUT2D eigenvalue weighted by Crippen LogP contribution is -2.06. The van der Waals surface area contributed by atoms with Crippen molar-refractivity contribution in [1.29, 1.82) is 0 Å². The highest BCUT2D eigenvalue weighted by Gasteiger charge is 2.09. The molecule has 0 aliphatic rings. The van der Waals surface area contributed by atoms with Crippen LogP contribution in [0.5, 0.6) is 0 Å². The first-order chi connectivity index (χ1) is 5.33. The van der Waals surface area contributed by atoms with Gasteiger partial charge in [-0.25, -0.2) is 8.42 Å². The third-order valence-electron chi connectivity index (χ3n) is 2.19. The molecule has 4 heteroatoms. The smallest absolute Gasteiger partial charge is 0.209 e. The molecule has 0 bridgehead atoms. The zero-order chi connectivity index (χ0) is 9.78. The fourth-order valence-electron chi connectivity index (χ4n) is 0.911. The molecule has 12 heavy (non-hydrogen) atoms. The third kappa shape index (κ3) is 7.10. The first-order valence-electron chi connectivity index (χ1n) is 4.25. The second-order valence-corrected chi connectivity index (χ2v) is 8.05. The summed E-state index contributed by atoms with van der Waals surface area (Å²) >= 11 is 2.64. The van der Waals surface area contributed by atoms with Crippen LogP contribution >= 0.6 is 14.8 Å². The van der Waals surface area contributed by atoms with E-state index in [0.717, 1.165) is 12.8 Å². The van der Waals surface area contributed by atoms with Crippen molar-refractivity contribution in [2.45, 2.75) is 33.6 Å². The minimum Gasteiger partial charge on any atom is -0.217 e. The first kappa shape index (κ1) is 12.4. The van der Waals surface area contributed by atoms with Crippen molar-refractivity contribution < 1.29 is 8.42 Å². The predicted octanol–water partition coefficient (Wildman–Crippen LogP) is 2.78. The van der Waals surface area contributed by atoms with Crippen molar-refractivity contribution in [2.24, 2.45) is 11.8 Å². The lowest BCUT2D eigenvalue weighted by molar-refractivity contribution is 0.389. The van der Waals surface area contributed by atoms with Crippen LogP contribution < -0.4 is 0 Å². The van der Waals surface area contributed by atoms with Crippen molar-refractivity contribution in [1.82, 2.24) is 0 Å². The Balaban J connectivity index is 3.58. The van der Waals surface area contributed by atoms with Crippen molar-refractivity contribution in [2.75, 3.05) is 5.75 Å². The Morgan fingerprint density at radius 1 is 1.25 bits per heavy atom. The van der Waals surface area contributed by atoms with Crippen molar-refractivity contribution >= 4 is 23.1 Å². The van der Waals surface area contributed by atoms with Crippen molar-refractivity contribution in [3.8, 4) is 0 Å². The summed E-state index contributed by atoms with van der Waals surface area (Å²) in [6.45, 7) is 6.48. The van der Waals surface area contributed by atoms with Crippen molar-refractivity contribution in [3.63, 3.8) is 0 Å². The van der Waals surface area contributed by atoms with Gasteiger partial charge in [0.1, 0.15) is 0 Å². The van der Waals surface area contributed by atoms with Crippen LogP contribution in [0.3, 0.4) is 0 Å². The van der Waals surface area contributed by atoms with E-state index in [0.29, 0.717) is 11.8 Å². The van der Waals surface area contributed by atoms with E-state index >= 15 is 0 Å². The minimum absolute atomic E-state index is 0.254. The quantitative estimate of drug-likeness (QED) is 0.710. The molecule has 0 aliphatic heterocycles. The molecule has 0 radical (unpaired) electrons. The molecule has 1 unspecified atom stereocenters. The molecule has 0 amide bonds. The average molecular weight is 257 g/mol. The standard InChI is InChI=1S/C8H17BrO2S/c1-7(2)8(3)5-4-6-12(9,10)11/h7-8H,4-6H2,1-3H3. The Morgan fingerprint density at radius 3 is 2.08 bits per heavy atom. The third-order valence-corrected chi connectivity index (χ3v) is 3.93. The number of rotatable bonds is 5. The molecule has 0 spiro atoms. The molecule has 0 aliphatic carbocycles. The van der Waals surface area contributed by atoms with Crippen LogP contribution in [0.2, 0.25) is 0 Å². The van der Waals surface area contributed by atoms with Crippen LogP contribution in [-0.4, -0.2) is 14.2 Å². The van der Waals surface area contributed by atoms with E-state index in [-0.39, 0.29) is 5.75 Å². The van der Waals surface area contributed by atoms with E-state index in [1.54, 1.807) is 0 Å². The largest absolute Gasteiger partial charge is 0.217 e. The van der Waals surface area contributed by atoms with E-state index < -0.39 is 8.27 Å². The van der Waals surface area contributed by atoms with E-state index in [9.17, 15) is 8.42 Å². The molecular formula is C8H17BrO2S. The Labute approximate surface area is 82.9 Å². The molecule has 0 heterocycles. The van der Waals surface area contributed by atoms with E-state index in [4.69, 9.17) is 0 Å². The summed E-state index contributed by atoms with van der Waals surface area (Å²) in [6.07, 6.45) is 1.75. The topological polar surface area (TPSA) is 34.1 Å². The average Bonchev–Trinajstić information content (AvgIpc) is 1.84. The molecule has 0 saturated heterocycles. The van der Waals surface area contributed by atoms with Gasteiger partial charge in [0.15, 0.2) is 0 Å². The Kier molecular flexibility index (Phi) is 5.41. The van der Waals surface area contributed by atoms with Gasteiger partial charge in [-0.05, 0) is 24.7 Å². The van der Waals surface area contributed by atoms with Gasteiger partial charge >= 0.3 is 0 Å². The molecule has 0 fully saturated rings. The molecule has 0 aromatic rings. The second-order valence-electron chi connectivity index (χ2n) is 3.61. The Morgan fingerprint density at radius 2 is 1.75 bits per heavy atom. The Bertz CT molecular complexity index is 209. The predicted molar refractivity (Wildman–Crippen MR) is 55.9 cm³/mol. The summed E-state index contributed by atoms with van der Waals surface area (Å²) in [5.74, 6) is 1.51. The van der Waals surface area contributed by atoms with Crippen LogP contribution in [0.15, 0.2) is 0 Å². The number of hydrogen-bond acceptors (Lipinski definition) is 2. The highest BCUT2D eigenvalue weighted by atomic mass is 79.9. The summed E-state index contributed by atoms with van der Waals surface area (Å²) in [5.41, 5.74) is 0.